The highest BCUT2D eigenvalue weighted by atomic mass is 79.9. The van der Waals surface area contributed by atoms with Crippen LogP contribution in [0.15, 0.2) is 116 Å². The Morgan fingerprint density at radius 3 is 1.70 bits per heavy atom. The van der Waals surface area contributed by atoms with Crippen LogP contribution in [0, 0.1) is 0 Å². The van der Waals surface area contributed by atoms with Gasteiger partial charge in [-0.3, -0.25) is 4.48 Å². The van der Waals surface area contributed by atoms with Gasteiger partial charge in [0.05, 0.1) is 6.20 Å². The predicted octanol–water partition coefficient (Wildman–Crippen LogP) is -10.6. The van der Waals surface area contributed by atoms with Gasteiger partial charge in [0.2, 0.25) is 12.6 Å². The molecule has 1 aliphatic rings. The lowest BCUT2D eigenvalue weighted by atomic mass is 10.0. The van der Waals surface area contributed by atoms with E-state index in [4.69, 9.17) is 10.2 Å². The van der Waals surface area contributed by atoms with Gasteiger partial charge in [-0.1, -0.05) is 24.3 Å². The normalized spacial score (nSPS) is 15.4. The highest BCUT2D eigenvalue weighted by molar-refractivity contribution is 5.73. The van der Waals surface area contributed by atoms with Crippen LogP contribution in [-0.4, -0.2) is 50.6 Å². The molecule has 0 amide bonds. The van der Waals surface area contributed by atoms with Crippen LogP contribution in [0.5, 0.6) is 0 Å². The number of hydrogen-bond donors (Lipinski definition) is 4. The quantitative estimate of drug-likeness (QED) is 0.0724. The second-order valence-electron chi connectivity index (χ2n) is 10.3. The number of aromatic nitrogens is 3. The zero-order valence-electron chi connectivity index (χ0n) is 23.8. The van der Waals surface area contributed by atoms with Crippen molar-refractivity contribution in [3.05, 3.63) is 133 Å². The Bertz CT molecular complexity index is 1470. The number of nitrogens with one attached hydrogen (secondary N) is 1. The molecule has 4 heterocycles. The third kappa shape index (κ3) is 11.0. The zero-order chi connectivity index (χ0) is 28.0. The van der Waals surface area contributed by atoms with E-state index < -0.39 is 12.6 Å². The van der Waals surface area contributed by atoms with Crippen molar-refractivity contribution >= 4 is 5.57 Å². The maximum Gasteiger partial charge on any atom is 0.212 e. The average Bonchev–Trinajstić information content (AvgIpc) is 2.95. The van der Waals surface area contributed by atoms with Crippen LogP contribution in [0.25, 0.3) is 16.7 Å². The van der Waals surface area contributed by atoms with Gasteiger partial charge in [0, 0.05) is 47.5 Å². The second-order valence-corrected chi connectivity index (χ2v) is 10.3. The number of pyridine rings is 3. The van der Waals surface area contributed by atoms with Crippen molar-refractivity contribution in [2.24, 2.45) is 0 Å². The number of aromatic amines is 1. The van der Waals surface area contributed by atoms with Gasteiger partial charge in [-0.05, 0) is 34.4 Å². The third-order valence-electron chi connectivity index (χ3n) is 7.20. The summed E-state index contributed by atoms with van der Waals surface area (Å²) in [5, 5.41) is 37.9. The smallest absolute Gasteiger partial charge is 0.212 e. The summed E-state index contributed by atoms with van der Waals surface area (Å²) in [5.74, 6) is 0. The summed E-state index contributed by atoms with van der Waals surface area (Å²) in [6, 6.07) is 20.6. The molecule has 5 rings (SSSR count). The third-order valence-corrected chi connectivity index (χ3v) is 7.20. The molecule has 0 saturated heterocycles. The molecular formula is C32H36Br4N4O4. The molecule has 8 nitrogen and oxygen atoms in total. The first-order valence-corrected chi connectivity index (χ1v) is 13.4. The van der Waals surface area contributed by atoms with Gasteiger partial charge in [-0.15, -0.1) is 0 Å². The second kappa shape index (κ2) is 18.7. The van der Waals surface area contributed by atoms with Crippen molar-refractivity contribution < 1.29 is 107 Å². The van der Waals surface area contributed by atoms with Gasteiger partial charge in [-0.25, -0.2) is 9.55 Å². The zero-order valence-corrected chi connectivity index (χ0v) is 30.1. The molecule has 1 aromatic carbocycles. The van der Waals surface area contributed by atoms with E-state index in [1.807, 2.05) is 49.1 Å². The predicted molar refractivity (Wildman–Crippen MR) is 148 cm³/mol. The molecule has 0 aliphatic carbocycles. The molecule has 236 valence electrons. The van der Waals surface area contributed by atoms with Crippen LogP contribution in [0.3, 0.4) is 0 Å². The Labute approximate surface area is 300 Å². The standard InChI is InChI=1S/C32H35N4O4.4BrH/c37-31(38)22-35-17-9-29(10-18-35)28-7-15-34(16-8-28)21-25-1-3-26(4-2-25)23-36(24-32(39)40)19-11-30(12-20-36)27-5-13-33-14-6-27;;;;/h1-19,31-32,37-40H,20-24H2;4*1H/q+3;;;;/p-3. The lowest BCUT2D eigenvalue weighted by Gasteiger charge is -2.36. The number of quaternary nitrogens is 1. The van der Waals surface area contributed by atoms with E-state index in [-0.39, 0.29) is 81.0 Å². The van der Waals surface area contributed by atoms with Gasteiger partial charge < -0.3 is 88.4 Å². The summed E-state index contributed by atoms with van der Waals surface area (Å²) in [7, 11) is 0. The molecule has 0 radical (unpaired) electrons. The van der Waals surface area contributed by atoms with Crippen LogP contribution in [0.2, 0.25) is 0 Å². The topological polar surface area (TPSA) is 103 Å². The first-order valence-electron chi connectivity index (χ1n) is 13.4. The fourth-order valence-corrected chi connectivity index (χ4v) is 5.12. The number of benzene rings is 1. The highest BCUT2D eigenvalue weighted by Crippen LogP contribution is 2.26. The van der Waals surface area contributed by atoms with Crippen molar-refractivity contribution in [3.63, 3.8) is 0 Å². The summed E-state index contributed by atoms with van der Waals surface area (Å²) in [6.07, 6.45) is 15.1. The van der Waals surface area contributed by atoms with Crippen molar-refractivity contribution in [3.8, 4) is 11.1 Å². The molecule has 44 heavy (non-hydrogen) atoms. The lowest BCUT2D eigenvalue weighted by Crippen LogP contribution is -3.00. The van der Waals surface area contributed by atoms with E-state index >= 15 is 0 Å². The summed E-state index contributed by atoms with van der Waals surface area (Å²) in [6.45, 7) is 2.43. The van der Waals surface area contributed by atoms with Crippen LogP contribution in [0.4, 0.5) is 0 Å². The SMILES string of the molecule is OC(O)C[n+]1ccc(-c2cc[n+](Cc3ccc(C[N+]4(CC(O)O)C=CC(c5cc[nH+]cc5)=CC4)cc3)cc2)cc1.[Br-].[Br-].[Br-].[Br-]. The van der Waals surface area contributed by atoms with E-state index in [0.717, 1.165) is 34.4 Å². The molecule has 1 unspecified atom stereocenters. The van der Waals surface area contributed by atoms with Crippen molar-refractivity contribution in [1.82, 2.24) is 0 Å². The van der Waals surface area contributed by atoms with Gasteiger partial charge in [0.25, 0.3) is 0 Å². The fraction of sp³-hybridized carbons (Fsp3) is 0.219. The van der Waals surface area contributed by atoms with Crippen LogP contribution >= 0.6 is 0 Å². The van der Waals surface area contributed by atoms with Crippen LogP contribution < -0.4 is 82.0 Å². The van der Waals surface area contributed by atoms with Crippen molar-refractivity contribution in [2.75, 3.05) is 13.1 Å². The molecule has 0 fully saturated rings. The minimum atomic E-state index is -1.39. The molecule has 3 aromatic heterocycles. The average molecular weight is 860 g/mol. The molecular weight excluding hydrogens is 824 g/mol. The van der Waals surface area contributed by atoms with E-state index in [1.165, 1.54) is 5.56 Å². The molecule has 0 bridgehead atoms. The Kier molecular flexibility index (Phi) is 17.0. The van der Waals surface area contributed by atoms with E-state index in [2.05, 4.69) is 76.7 Å². The number of rotatable bonds is 10. The number of aliphatic hydroxyl groups excluding tert-OH is 2. The lowest BCUT2D eigenvalue weighted by molar-refractivity contribution is -0.893. The molecule has 0 saturated carbocycles. The Morgan fingerprint density at radius 1 is 0.659 bits per heavy atom. The van der Waals surface area contributed by atoms with Gasteiger partial charge in [0.1, 0.15) is 19.6 Å². The first kappa shape index (κ1) is 39.9. The van der Waals surface area contributed by atoms with Gasteiger partial charge in [0.15, 0.2) is 50.3 Å². The van der Waals surface area contributed by atoms with E-state index in [9.17, 15) is 10.2 Å². The summed E-state index contributed by atoms with van der Waals surface area (Å²) >= 11 is 0. The number of aliphatic hydroxyl groups is 4. The van der Waals surface area contributed by atoms with Crippen LogP contribution in [-0.2, 0) is 19.6 Å². The molecule has 1 aliphatic heterocycles. The van der Waals surface area contributed by atoms with E-state index in [1.54, 1.807) is 4.57 Å². The number of halogens is 4. The number of nitrogens with zero attached hydrogens (tertiary/aromatic N) is 3. The molecule has 4 aromatic rings. The highest BCUT2D eigenvalue weighted by Gasteiger charge is 2.30. The first-order chi connectivity index (χ1) is 19.4. The Balaban J connectivity index is 0.00000242. The molecule has 5 N–H and O–H groups in total. The van der Waals surface area contributed by atoms with Gasteiger partial charge >= 0.3 is 0 Å². The molecule has 0 spiro atoms. The maximum atomic E-state index is 9.83. The number of allylic oxidation sites excluding steroid dienone is 2. The monoisotopic (exact) mass is 856 g/mol. The largest absolute Gasteiger partial charge is 1.00 e. The Hall–Kier alpha value is -2.13. The summed E-state index contributed by atoms with van der Waals surface area (Å²) in [5.41, 5.74) is 6.71. The molecule has 12 heteroatoms. The van der Waals surface area contributed by atoms with Gasteiger partial charge in [-0.2, -0.15) is 4.57 Å². The summed E-state index contributed by atoms with van der Waals surface area (Å²) in [4.78, 5) is 3.05. The maximum absolute atomic E-state index is 9.83. The number of hydrogen-bond acceptors (Lipinski definition) is 4. The minimum Gasteiger partial charge on any atom is -1.00 e. The Morgan fingerprint density at radius 2 is 1.20 bits per heavy atom. The molecule has 1 atom stereocenters. The minimum absolute atomic E-state index is 0. The van der Waals surface area contributed by atoms with Crippen molar-refractivity contribution in [1.29, 1.82) is 0 Å². The number of H-pyrrole nitrogens is 1. The fourth-order valence-electron chi connectivity index (χ4n) is 5.12. The van der Waals surface area contributed by atoms with Crippen molar-refractivity contribution in [2.45, 2.75) is 32.2 Å². The van der Waals surface area contributed by atoms with Crippen LogP contribution in [0.1, 0.15) is 16.7 Å². The van der Waals surface area contributed by atoms with E-state index in [0.29, 0.717) is 17.6 Å². The summed E-state index contributed by atoms with van der Waals surface area (Å²) < 4.78 is 4.30.